The van der Waals surface area contributed by atoms with Gasteiger partial charge in [-0.1, -0.05) is 19.9 Å². The highest BCUT2D eigenvalue weighted by Crippen LogP contribution is 2.74. The number of ether oxygens (including phenoxy) is 4. The van der Waals surface area contributed by atoms with Gasteiger partial charge < -0.3 is 24.1 Å². The number of aliphatic hydroxyl groups excluding tert-OH is 1. The summed E-state index contributed by atoms with van der Waals surface area (Å²) < 4.78 is 23.6. The summed E-state index contributed by atoms with van der Waals surface area (Å²) in [4.78, 5) is 51.2. The first-order valence-electron chi connectivity index (χ1n) is 12.4. The van der Waals surface area contributed by atoms with Gasteiger partial charge in [0, 0.05) is 38.0 Å². The molecule has 0 radical (unpaired) electrons. The Morgan fingerprint density at radius 1 is 1.03 bits per heavy atom. The molecule has 0 unspecified atom stereocenters. The zero-order chi connectivity index (χ0) is 25.5. The van der Waals surface area contributed by atoms with E-state index in [0.717, 1.165) is 12.8 Å². The molecule has 9 nitrogen and oxygen atoms in total. The number of rotatable bonds is 3. The van der Waals surface area contributed by atoms with Crippen molar-refractivity contribution in [2.45, 2.75) is 84.4 Å². The minimum atomic E-state index is -1.53. The number of hydrogen-bond donors (Lipinski definition) is 1. The highest BCUT2D eigenvalue weighted by molar-refractivity contribution is 6.05. The van der Waals surface area contributed by atoms with Crippen molar-refractivity contribution in [3.63, 3.8) is 0 Å². The number of carbonyl (C=O) groups excluding carboxylic acids is 4. The molecule has 4 saturated carbocycles. The maximum Gasteiger partial charge on any atom is 0.302 e. The number of Topliss-reactive ketones (excluding diaryl/α,β-unsaturated/α-hetero) is 1. The molecule has 5 aliphatic rings. The van der Waals surface area contributed by atoms with Crippen LogP contribution >= 0.6 is 0 Å². The van der Waals surface area contributed by atoms with E-state index in [-0.39, 0.29) is 29.1 Å². The van der Waals surface area contributed by atoms with Crippen LogP contribution in [0.15, 0.2) is 12.2 Å². The number of hydrogen-bond acceptors (Lipinski definition) is 9. The lowest BCUT2D eigenvalue weighted by molar-refractivity contribution is -0.357. The summed E-state index contributed by atoms with van der Waals surface area (Å²) in [6, 6.07) is 0. The molecule has 1 heterocycles. The van der Waals surface area contributed by atoms with Crippen LogP contribution in [0.2, 0.25) is 0 Å². The normalized spacial score (nSPS) is 47.9. The summed E-state index contributed by atoms with van der Waals surface area (Å²) in [6.45, 7) is 10.4. The number of ketones is 1. The fraction of sp³-hybridized carbons (Fsp3) is 0.769. The van der Waals surface area contributed by atoms with Gasteiger partial charge in [0.25, 0.3) is 0 Å². The van der Waals surface area contributed by atoms with Crippen molar-refractivity contribution in [2.75, 3.05) is 6.61 Å². The predicted molar refractivity (Wildman–Crippen MR) is 119 cm³/mol. The molecule has 1 spiro atoms. The Morgan fingerprint density at radius 2 is 1.69 bits per heavy atom. The molecule has 4 aliphatic carbocycles. The van der Waals surface area contributed by atoms with E-state index in [1.165, 1.54) is 20.8 Å². The fourth-order valence-corrected chi connectivity index (χ4v) is 8.85. The predicted octanol–water partition coefficient (Wildman–Crippen LogP) is 2.09. The Kier molecular flexibility index (Phi) is 5.49. The minimum Gasteiger partial charge on any atom is -0.462 e. The van der Waals surface area contributed by atoms with E-state index in [2.05, 4.69) is 13.5 Å². The number of esters is 3. The van der Waals surface area contributed by atoms with Crippen LogP contribution in [0, 0.1) is 34.0 Å². The van der Waals surface area contributed by atoms with E-state index in [4.69, 9.17) is 18.9 Å². The molecule has 192 valence electrons. The first-order chi connectivity index (χ1) is 16.4. The first kappa shape index (κ1) is 24.4. The molecule has 35 heavy (non-hydrogen) atoms. The lowest BCUT2D eigenvalue weighted by Crippen LogP contribution is -2.76. The third-order valence-corrected chi connectivity index (χ3v) is 9.70. The van der Waals surface area contributed by atoms with Gasteiger partial charge in [-0.3, -0.25) is 19.2 Å². The highest BCUT2D eigenvalue weighted by Gasteiger charge is 2.82. The summed E-state index contributed by atoms with van der Waals surface area (Å²) in [5, 5.41) is 11.5. The molecule has 9 heteroatoms. The summed E-state index contributed by atoms with van der Waals surface area (Å²) in [7, 11) is 0. The van der Waals surface area contributed by atoms with Crippen molar-refractivity contribution in [2.24, 2.45) is 34.0 Å². The molecular formula is C26H34O9. The molecule has 5 fully saturated rings. The third kappa shape index (κ3) is 3.06. The van der Waals surface area contributed by atoms with Crippen molar-refractivity contribution in [1.82, 2.24) is 0 Å². The number of aliphatic hydroxyl groups is 1. The van der Waals surface area contributed by atoms with Crippen molar-refractivity contribution in [3.05, 3.63) is 12.2 Å². The van der Waals surface area contributed by atoms with Gasteiger partial charge in [0.15, 0.2) is 12.1 Å². The molecule has 0 aromatic rings. The monoisotopic (exact) mass is 490 g/mol. The first-order valence-corrected chi connectivity index (χ1v) is 12.4. The Balaban J connectivity index is 1.80. The second-order valence-corrected chi connectivity index (χ2v) is 11.5. The van der Waals surface area contributed by atoms with Crippen molar-refractivity contribution in [1.29, 1.82) is 0 Å². The molecule has 5 rings (SSSR count). The standard InChI is InChI=1S/C26H34O9/c1-12-16-9-17(33-13(2)27)20-25-8-6-7-24(5,11-32-23(25)31)18(25)10-19(34-14(3)28)26(20,21(12)30)22(16)35-15(4)29/h16-20,22-23,31H,1,6-11H2,2-5H3/t16-,17-,18+,19+,20-,22+,23+,24-,25-,26+/m0/s1. The molecule has 4 bridgehead atoms. The van der Waals surface area contributed by atoms with Crippen LogP contribution < -0.4 is 0 Å². The van der Waals surface area contributed by atoms with E-state index in [0.29, 0.717) is 19.4 Å². The maximum absolute atomic E-state index is 14.2. The quantitative estimate of drug-likeness (QED) is 0.359. The Bertz CT molecular complexity index is 1000. The Morgan fingerprint density at radius 3 is 2.31 bits per heavy atom. The van der Waals surface area contributed by atoms with E-state index < -0.39 is 65.2 Å². The SMILES string of the molecule is C=C1C(=O)[C@]23[C@H](OC(C)=O)[C@H]1C[C@H](OC(C)=O)[C@H]2[C@@]12CCC[C@@](C)(CO[C@H]1O)[C@H]2C[C@H]3OC(C)=O. The van der Waals surface area contributed by atoms with Crippen molar-refractivity contribution >= 4 is 23.7 Å². The summed E-state index contributed by atoms with van der Waals surface area (Å²) in [5.41, 5.74) is -2.54. The molecular weight excluding hydrogens is 456 g/mol. The lowest BCUT2D eigenvalue weighted by atomic mass is 9.37. The van der Waals surface area contributed by atoms with E-state index in [9.17, 15) is 24.3 Å². The number of carbonyl (C=O) groups is 4. The summed E-state index contributed by atoms with van der Waals surface area (Å²) in [5.74, 6) is -3.53. The van der Waals surface area contributed by atoms with E-state index in [1.807, 2.05) is 0 Å². The van der Waals surface area contributed by atoms with Gasteiger partial charge in [-0.05, 0) is 42.6 Å². The summed E-state index contributed by atoms with van der Waals surface area (Å²) in [6.07, 6.45) is -1.13. The van der Waals surface area contributed by atoms with Crippen LogP contribution in [-0.4, -0.2) is 60.0 Å². The van der Waals surface area contributed by atoms with Crippen LogP contribution in [0.5, 0.6) is 0 Å². The molecule has 0 aromatic carbocycles. The van der Waals surface area contributed by atoms with Gasteiger partial charge in [-0.15, -0.1) is 0 Å². The third-order valence-electron chi connectivity index (χ3n) is 9.70. The van der Waals surface area contributed by atoms with Crippen LogP contribution in [-0.2, 0) is 38.1 Å². The molecule has 1 aliphatic heterocycles. The summed E-state index contributed by atoms with van der Waals surface area (Å²) >= 11 is 0. The van der Waals surface area contributed by atoms with Gasteiger partial charge in [-0.2, -0.15) is 0 Å². The minimum absolute atomic E-state index is 0.165. The molecule has 1 saturated heterocycles. The second-order valence-electron chi connectivity index (χ2n) is 11.5. The maximum atomic E-state index is 14.2. The van der Waals surface area contributed by atoms with E-state index in [1.54, 1.807) is 0 Å². The number of fused-ring (bicyclic) bond motifs is 1. The largest absolute Gasteiger partial charge is 0.462 e. The molecule has 0 amide bonds. The van der Waals surface area contributed by atoms with Gasteiger partial charge in [0.05, 0.1) is 6.61 Å². The Hall–Kier alpha value is -2.26. The second kappa shape index (κ2) is 7.87. The zero-order valence-corrected chi connectivity index (χ0v) is 20.7. The average Bonchev–Trinajstić information content (AvgIpc) is 2.87. The zero-order valence-electron chi connectivity index (χ0n) is 20.7. The highest BCUT2D eigenvalue weighted by atomic mass is 16.6. The van der Waals surface area contributed by atoms with Crippen molar-refractivity contribution < 1.29 is 43.2 Å². The average molecular weight is 491 g/mol. The smallest absolute Gasteiger partial charge is 0.302 e. The lowest BCUT2D eigenvalue weighted by Gasteiger charge is -2.70. The topological polar surface area (TPSA) is 125 Å². The van der Waals surface area contributed by atoms with Gasteiger partial charge in [0.2, 0.25) is 0 Å². The van der Waals surface area contributed by atoms with Crippen LogP contribution in [0.1, 0.15) is 59.8 Å². The van der Waals surface area contributed by atoms with E-state index >= 15 is 0 Å². The van der Waals surface area contributed by atoms with Crippen molar-refractivity contribution in [3.8, 4) is 0 Å². The van der Waals surface area contributed by atoms with Crippen LogP contribution in [0.4, 0.5) is 0 Å². The van der Waals surface area contributed by atoms with Gasteiger partial charge in [-0.25, -0.2) is 0 Å². The van der Waals surface area contributed by atoms with Crippen LogP contribution in [0.3, 0.4) is 0 Å². The fourth-order valence-electron chi connectivity index (χ4n) is 8.85. The molecule has 0 aromatic heterocycles. The van der Waals surface area contributed by atoms with Gasteiger partial charge >= 0.3 is 17.9 Å². The molecule has 1 N–H and O–H groups in total. The van der Waals surface area contributed by atoms with Gasteiger partial charge in [0.1, 0.15) is 23.7 Å². The molecule has 10 atom stereocenters. The van der Waals surface area contributed by atoms with Crippen LogP contribution in [0.25, 0.3) is 0 Å². The Labute approximate surface area is 204 Å².